The van der Waals surface area contributed by atoms with Gasteiger partial charge in [0.2, 0.25) is 0 Å². The molecule has 0 saturated heterocycles. The van der Waals surface area contributed by atoms with Crippen LogP contribution in [-0.4, -0.2) is 28.6 Å². The normalized spacial score (nSPS) is 22.0. The molecule has 0 radical (unpaired) electrons. The molecule has 2 atom stereocenters. The molecule has 0 aromatic heterocycles. The molecule has 0 aliphatic carbocycles. The summed E-state index contributed by atoms with van der Waals surface area (Å²) in [5, 5.41) is 0. The Kier molecular flexibility index (Phi) is 5.53. The molecule has 1 N–H and O–H groups in total. The van der Waals surface area contributed by atoms with Crippen molar-refractivity contribution in [2.24, 2.45) is 0 Å². The summed E-state index contributed by atoms with van der Waals surface area (Å²) in [6.45, 7) is 6.12. The molecule has 23 heavy (non-hydrogen) atoms. The quantitative estimate of drug-likeness (QED) is 0.784. The number of hydrogen-bond donors (Lipinski definition) is 1. The van der Waals surface area contributed by atoms with E-state index in [0.717, 1.165) is 10.0 Å². The van der Waals surface area contributed by atoms with Crippen LogP contribution in [0.2, 0.25) is 0 Å². The van der Waals surface area contributed by atoms with Gasteiger partial charge in [0.15, 0.2) is 0 Å². The van der Waals surface area contributed by atoms with Gasteiger partial charge in [0.05, 0.1) is 41.4 Å². The monoisotopic (exact) mass is 403 g/mol. The summed E-state index contributed by atoms with van der Waals surface area (Å²) in [5.41, 5.74) is 0.0643. The van der Waals surface area contributed by atoms with Crippen LogP contribution in [0.3, 0.4) is 0 Å². The van der Waals surface area contributed by atoms with Gasteiger partial charge in [0, 0.05) is 16.5 Å². The fourth-order valence-electron chi connectivity index (χ4n) is 2.46. The molecule has 0 fully saturated rings. The van der Waals surface area contributed by atoms with Crippen LogP contribution in [0, 0.1) is 0 Å². The average molecular weight is 404 g/mol. The molecular formula is C16H22BrNO4S. The lowest BCUT2D eigenvalue weighted by molar-refractivity contribution is -0.142. The number of rotatable bonds is 4. The summed E-state index contributed by atoms with van der Waals surface area (Å²) < 4.78 is 26.9. The fourth-order valence-corrected chi connectivity index (χ4v) is 3.74. The van der Waals surface area contributed by atoms with E-state index in [-0.39, 0.29) is 12.4 Å². The molecule has 2 rings (SSSR count). The van der Waals surface area contributed by atoms with E-state index in [9.17, 15) is 9.00 Å². The van der Waals surface area contributed by atoms with Crippen molar-refractivity contribution >= 4 is 32.9 Å². The molecule has 1 aliphatic heterocycles. The molecule has 128 valence electrons. The molecule has 0 saturated carbocycles. The summed E-state index contributed by atoms with van der Waals surface area (Å²) in [5.74, 6) is 0.340. The minimum absolute atomic E-state index is 0.101. The Morgan fingerprint density at radius 2 is 2.17 bits per heavy atom. The first-order valence-electron chi connectivity index (χ1n) is 7.37. The van der Waals surface area contributed by atoms with E-state index < -0.39 is 21.3 Å². The van der Waals surface area contributed by atoms with Crippen molar-refractivity contribution in [1.29, 1.82) is 0 Å². The zero-order valence-corrected chi connectivity index (χ0v) is 16.2. The second kappa shape index (κ2) is 6.91. The Bertz CT molecular complexity index is 629. The third kappa shape index (κ3) is 4.14. The highest BCUT2D eigenvalue weighted by Crippen LogP contribution is 2.41. The number of nitrogens with one attached hydrogen (secondary N) is 1. The van der Waals surface area contributed by atoms with Crippen molar-refractivity contribution in [3.63, 3.8) is 0 Å². The zero-order chi connectivity index (χ0) is 17.3. The van der Waals surface area contributed by atoms with Gasteiger partial charge in [-0.1, -0.05) is 22.0 Å². The second-order valence-corrected chi connectivity index (χ2v) is 9.44. The first-order chi connectivity index (χ1) is 10.7. The van der Waals surface area contributed by atoms with Gasteiger partial charge in [0.1, 0.15) is 5.75 Å². The number of benzene rings is 1. The molecule has 0 amide bonds. The highest BCUT2D eigenvalue weighted by Gasteiger charge is 2.43. The van der Waals surface area contributed by atoms with E-state index in [4.69, 9.17) is 9.47 Å². The lowest BCUT2D eigenvalue weighted by Gasteiger charge is -2.40. The number of halogens is 1. The van der Waals surface area contributed by atoms with Crippen molar-refractivity contribution in [1.82, 2.24) is 4.72 Å². The van der Waals surface area contributed by atoms with Crippen LogP contribution >= 0.6 is 15.9 Å². The zero-order valence-electron chi connectivity index (χ0n) is 13.8. The van der Waals surface area contributed by atoms with Crippen LogP contribution in [0.25, 0.3) is 0 Å². The maximum Gasteiger partial charge on any atom is 0.307 e. The first-order valence-corrected chi connectivity index (χ1v) is 9.31. The van der Waals surface area contributed by atoms with Gasteiger partial charge < -0.3 is 9.47 Å². The van der Waals surface area contributed by atoms with Crippen molar-refractivity contribution in [2.75, 3.05) is 13.7 Å². The molecule has 1 heterocycles. The summed E-state index contributed by atoms with van der Waals surface area (Å²) >= 11 is 3.42. The summed E-state index contributed by atoms with van der Waals surface area (Å²) in [6, 6.07) is 5.65. The SMILES string of the molecule is COC(=O)C[C@@]1(N[S@@](=O)C(C)(C)C)CCOc2cc(Br)ccc21. The van der Waals surface area contributed by atoms with Crippen molar-refractivity contribution in [3.8, 4) is 5.75 Å². The maximum absolute atomic E-state index is 12.7. The minimum atomic E-state index is -1.33. The Labute approximate surface area is 147 Å². The summed E-state index contributed by atoms with van der Waals surface area (Å²) in [7, 11) is 0.0294. The summed E-state index contributed by atoms with van der Waals surface area (Å²) in [4.78, 5) is 12.0. The van der Waals surface area contributed by atoms with Crippen molar-refractivity contribution in [3.05, 3.63) is 28.2 Å². The van der Waals surface area contributed by atoms with Crippen LogP contribution in [-0.2, 0) is 26.1 Å². The summed E-state index contributed by atoms with van der Waals surface area (Å²) in [6.07, 6.45) is 0.641. The highest BCUT2D eigenvalue weighted by atomic mass is 79.9. The molecule has 1 aromatic rings. The smallest absolute Gasteiger partial charge is 0.307 e. The number of fused-ring (bicyclic) bond motifs is 1. The predicted octanol–water partition coefficient (Wildman–Crippen LogP) is 3.04. The van der Waals surface area contributed by atoms with Crippen LogP contribution in [0.4, 0.5) is 0 Å². The number of ether oxygens (including phenoxy) is 2. The van der Waals surface area contributed by atoms with Crippen LogP contribution < -0.4 is 9.46 Å². The second-order valence-electron chi connectivity index (χ2n) is 6.56. The lowest BCUT2D eigenvalue weighted by atomic mass is 9.82. The predicted molar refractivity (Wildman–Crippen MR) is 93.6 cm³/mol. The van der Waals surface area contributed by atoms with Gasteiger partial charge >= 0.3 is 5.97 Å². The molecule has 1 aromatic carbocycles. The minimum Gasteiger partial charge on any atom is -0.493 e. The van der Waals surface area contributed by atoms with Gasteiger partial charge in [-0.25, -0.2) is 8.93 Å². The molecular weight excluding hydrogens is 382 g/mol. The Hall–Kier alpha value is -0.920. The topological polar surface area (TPSA) is 64.6 Å². The average Bonchev–Trinajstić information content (AvgIpc) is 2.46. The van der Waals surface area contributed by atoms with E-state index in [1.54, 1.807) is 0 Å². The van der Waals surface area contributed by atoms with Gasteiger partial charge in [-0.2, -0.15) is 0 Å². The van der Waals surface area contributed by atoms with E-state index >= 15 is 0 Å². The van der Waals surface area contributed by atoms with Gasteiger partial charge in [0.25, 0.3) is 0 Å². The van der Waals surface area contributed by atoms with Gasteiger partial charge in [-0.3, -0.25) is 4.79 Å². The first kappa shape index (κ1) is 18.4. The molecule has 5 nitrogen and oxygen atoms in total. The number of carbonyl (C=O) groups excluding carboxylic acids is 1. The van der Waals surface area contributed by atoms with E-state index in [1.165, 1.54) is 7.11 Å². The van der Waals surface area contributed by atoms with Gasteiger partial charge in [-0.05, 0) is 32.9 Å². The van der Waals surface area contributed by atoms with E-state index in [0.29, 0.717) is 18.8 Å². The van der Waals surface area contributed by atoms with E-state index in [1.807, 2.05) is 39.0 Å². The molecule has 7 heteroatoms. The Morgan fingerprint density at radius 1 is 1.48 bits per heavy atom. The molecule has 0 bridgehead atoms. The van der Waals surface area contributed by atoms with Crippen LogP contribution in [0.1, 0.15) is 39.2 Å². The number of methoxy groups -OCH3 is 1. The molecule has 0 spiro atoms. The van der Waals surface area contributed by atoms with E-state index in [2.05, 4.69) is 20.7 Å². The Balaban J connectivity index is 2.48. The van der Waals surface area contributed by atoms with Gasteiger partial charge in [-0.15, -0.1) is 0 Å². The third-order valence-corrected chi connectivity index (χ3v) is 5.95. The number of hydrogen-bond acceptors (Lipinski definition) is 4. The Morgan fingerprint density at radius 3 is 2.78 bits per heavy atom. The lowest BCUT2D eigenvalue weighted by Crippen LogP contribution is -2.51. The standard InChI is InChI=1S/C16H22BrNO4S/c1-15(2,3)23(20)18-16(10-14(19)21-4)7-8-22-13-9-11(17)5-6-12(13)16/h5-6,9,18H,7-8,10H2,1-4H3/t16-,23-/m0/s1. The number of esters is 1. The number of carbonyl (C=O) groups is 1. The highest BCUT2D eigenvalue weighted by molar-refractivity contribution is 9.10. The third-order valence-electron chi connectivity index (χ3n) is 3.76. The molecule has 0 unspecified atom stereocenters. The van der Waals surface area contributed by atoms with Crippen LogP contribution in [0.15, 0.2) is 22.7 Å². The molecule has 1 aliphatic rings. The largest absolute Gasteiger partial charge is 0.493 e. The maximum atomic E-state index is 12.7. The fraction of sp³-hybridized carbons (Fsp3) is 0.562. The van der Waals surface area contributed by atoms with Crippen molar-refractivity contribution < 1.29 is 18.5 Å². The van der Waals surface area contributed by atoms with Crippen molar-refractivity contribution in [2.45, 2.75) is 43.9 Å². The van der Waals surface area contributed by atoms with Crippen LogP contribution in [0.5, 0.6) is 5.75 Å².